The number of alkyl halides is 1. The van der Waals surface area contributed by atoms with Crippen molar-refractivity contribution >= 4 is 25.2 Å². The van der Waals surface area contributed by atoms with E-state index in [1.807, 2.05) is 6.92 Å². The third-order valence-corrected chi connectivity index (χ3v) is 1.94. The first-order valence-corrected chi connectivity index (χ1v) is 4.31. The first kappa shape index (κ1) is 6.52. The summed E-state index contributed by atoms with van der Waals surface area (Å²) < 4.78 is 3.87. The Labute approximate surface area is 47.4 Å². The van der Waals surface area contributed by atoms with Gasteiger partial charge in [0.05, 0.1) is 0 Å². The number of hydrogen-bond donors (Lipinski definition) is 1. The fraction of sp³-hybridized carbons (Fsp3) is 0.667. The maximum Gasteiger partial charge on any atom is 0.121 e. The Balaban J connectivity index is 2.96. The molecule has 0 radical (unpaired) electrons. The van der Waals surface area contributed by atoms with Gasteiger partial charge in [-0.2, -0.15) is 0 Å². The van der Waals surface area contributed by atoms with Crippen LogP contribution < -0.4 is 5.90 Å². The number of nitrogens with two attached hydrogens (primary N) is 1. The SMILES string of the molecule is C=IC(C)ON. The molecular formula is C3H8INO. The van der Waals surface area contributed by atoms with Crippen molar-refractivity contribution in [3.63, 3.8) is 0 Å². The van der Waals surface area contributed by atoms with Crippen LogP contribution in [0.3, 0.4) is 0 Å². The Morgan fingerprint density at radius 2 is 2.50 bits per heavy atom. The van der Waals surface area contributed by atoms with Gasteiger partial charge in [-0.3, -0.25) is 4.84 Å². The largest absolute Gasteiger partial charge is 0.292 e. The molecule has 0 amide bonds. The lowest BCUT2D eigenvalue weighted by atomic mass is 10.9. The van der Waals surface area contributed by atoms with Gasteiger partial charge in [0.2, 0.25) is 0 Å². The van der Waals surface area contributed by atoms with Crippen LogP contribution in [0.4, 0.5) is 0 Å². The molecule has 0 aliphatic rings. The minimum Gasteiger partial charge on any atom is -0.292 e. The lowest BCUT2D eigenvalue weighted by Gasteiger charge is -1.95. The van der Waals surface area contributed by atoms with Crippen LogP contribution >= 0.6 is 20.7 Å². The zero-order valence-electron chi connectivity index (χ0n) is 3.65. The lowest BCUT2D eigenvalue weighted by molar-refractivity contribution is 0.138. The van der Waals surface area contributed by atoms with Gasteiger partial charge in [-0.15, -0.1) is 0 Å². The standard InChI is InChI=1S/C3H8INO/c1-3(4-2)6-5/h3H,2,5H2,1H3. The van der Waals surface area contributed by atoms with Crippen LogP contribution in [0.15, 0.2) is 0 Å². The zero-order valence-corrected chi connectivity index (χ0v) is 5.81. The Morgan fingerprint density at radius 3 is 2.50 bits per heavy atom. The normalized spacial score (nSPS) is 14.3. The van der Waals surface area contributed by atoms with Crippen LogP contribution in [0.25, 0.3) is 0 Å². The van der Waals surface area contributed by atoms with Crippen molar-refractivity contribution in [2.24, 2.45) is 5.90 Å². The number of halogens is 1. The van der Waals surface area contributed by atoms with Crippen molar-refractivity contribution in [3.05, 3.63) is 0 Å². The van der Waals surface area contributed by atoms with E-state index in [-0.39, 0.29) is 24.8 Å². The molecule has 38 valence electrons. The van der Waals surface area contributed by atoms with Gasteiger partial charge in [0, 0.05) is 0 Å². The van der Waals surface area contributed by atoms with Gasteiger partial charge in [0.25, 0.3) is 0 Å². The van der Waals surface area contributed by atoms with Gasteiger partial charge in [-0.05, 0) is 6.92 Å². The van der Waals surface area contributed by atoms with E-state index in [0.29, 0.717) is 0 Å². The molecule has 2 nitrogen and oxygen atoms in total. The molecule has 0 rings (SSSR count). The molecule has 0 saturated carbocycles. The van der Waals surface area contributed by atoms with Crippen LogP contribution in [0, 0.1) is 0 Å². The second-order valence-electron chi connectivity index (χ2n) is 0.833. The fourth-order valence-electron chi connectivity index (χ4n) is 0.0364. The topological polar surface area (TPSA) is 35.2 Å². The molecule has 0 heterocycles. The molecule has 0 aliphatic carbocycles. The van der Waals surface area contributed by atoms with Crippen molar-refractivity contribution in [1.82, 2.24) is 0 Å². The summed E-state index contributed by atoms with van der Waals surface area (Å²) in [4.78, 5) is 4.39. The summed E-state index contributed by atoms with van der Waals surface area (Å²) in [6.45, 7) is 1.92. The first-order chi connectivity index (χ1) is 2.81. The van der Waals surface area contributed by atoms with Gasteiger partial charge in [0.15, 0.2) is 0 Å². The van der Waals surface area contributed by atoms with E-state index < -0.39 is 0 Å². The Kier molecular flexibility index (Phi) is 4.02. The Bertz CT molecular complexity index is 48.1. The fourth-order valence-corrected chi connectivity index (χ4v) is 0.244. The van der Waals surface area contributed by atoms with Crippen LogP contribution in [0.1, 0.15) is 6.92 Å². The molecule has 1 unspecified atom stereocenters. The third kappa shape index (κ3) is 2.74. The maximum absolute atomic E-state index is 4.77. The molecule has 0 fully saturated rings. The number of hydrogen-bond acceptors (Lipinski definition) is 2. The average molecular weight is 201 g/mol. The Hall–Kier alpha value is 0.520. The van der Waals surface area contributed by atoms with Crippen molar-refractivity contribution in [3.8, 4) is 0 Å². The predicted octanol–water partition coefficient (Wildman–Crippen LogP) is 0.625. The smallest absolute Gasteiger partial charge is 0.121 e. The lowest BCUT2D eigenvalue weighted by Crippen LogP contribution is -2.04. The summed E-state index contributed by atoms with van der Waals surface area (Å²) in [5.74, 6) is 4.77. The molecule has 3 heteroatoms. The van der Waals surface area contributed by atoms with Crippen molar-refractivity contribution in [2.75, 3.05) is 0 Å². The average Bonchev–Trinajstić information content (AvgIpc) is 1.65. The molecule has 0 saturated heterocycles. The summed E-state index contributed by atoms with van der Waals surface area (Å²) in [6, 6.07) is 0. The van der Waals surface area contributed by atoms with Gasteiger partial charge >= 0.3 is 0 Å². The van der Waals surface area contributed by atoms with E-state index in [9.17, 15) is 0 Å². The van der Waals surface area contributed by atoms with Gasteiger partial charge in [-0.1, -0.05) is 25.2 Å². The molecule has 1 atom stereocenters. The first-order valence-electron chi connectivity index (χ1n) is 1.53. The van der Waals surface area contributed by atoms with E-state index in [4.69, 9.17) is 5.90 Å². The monoisotopic (exact) mass is 201 g/mol. The highest BCUT2D eigenvalue weighted by molar-refractivity contribution is 14.2. The van der Waals surface area contributed by atoms with Crippen molar-refractivity contribution < 1.29 is 4.84 Å². The molecule has 6 heavy (non-hydrogen) atoms. The van der Waals surface area contributed by atoms with E-state index in [2.05, 4.69) is 9.35 Å². The van der Waals surface area contributed by atoms with Crippen LogP contribution in [-0.2, 0) is 4.84 Å². The summed E-state index contributed by atoms with van der Waals surface area (Å²) in [7, 11) is 0. The van der Waals surface area contributed by atoms with E-state index in [1.54, 1.807) is 0 Å². The van der Waals surface area contributed by atoms with E-state index in [0.717, 1.165) is 0 Å². The second-order valence-corrected chi connectivity index (χ2v) is 3.47. The van der Waals surface area contributed by atoms with E-state index in [1.165, 1.54) is 0 Å². The highest BCUT2D eigenvalue weighted by Gasteiger charge is 1.85. The van der Waals surface area contributed by atoms with E-state index >= 15 is 0 Å². The summed E-state index contributed by atoms with van der Waals surface area (Å²) in [5, 5.41) is 0. The third-order valence-electron chi connectivity index (χ3n) is 0.405. The molecule has 0 bridgehead atoms. The highest BCUT2D eigenvalue weighted by Crippen LogP contribution is 2.01. The maximum atomic E-state index is 4.77. The minimum atomic E-state index is -0.0526. The Morgan fingerprint density at radius 1 is 2.00 bits per heavy atom. The number of rotatable bonds is 2. The zero-order chi connectivity index (χ0) is 4.99. The van der Waals surface area contributed by atoms with Gasteiger partial charge in [-0.25, -0.2) is 5.90 Å². The summed E-state index contributed by atoms with van der Waals surface area (Å²) in [6.07, 6.45) is 0. The quantitative estimate of drug-likeness (QED) is 0.404. The minimum absolute atomic E-state index is 0.0526. The molecular weight excluding hydrogens is 193 g/mol. The molecule has 2 N–H and O–H groups in total. The van der Waals surface area contributed by atoms with Crippen LogP contribution in [-0.4, -0.2) is 8.63 Å². The molecule has 0 spiro atoms. The van der Waals surface area contributed by atoms with Crippen molar-refractivity contribution in [2.45, 2.75) is 11.0 Å². The summed E-state index contributed by atoms with van der Waals surface area (Å²) >= 11 is -0.0526. The van der Waals surface area contributed by atoms with Crippen LogP contribution in [0.2, 0.25) is 0 Å². The predicted molar refractivity (Wildman–Crippen MR) is 35.9 cm³/mol. The van der Waals surface area contributed by atoms with Gasteiger partial charge < -0.3 is 0 Å². The summed E-state index contributed by atoms with van der Waals surface area (Å²) in [5.41, 5.74) is 0. The molecule has 0 aromatic carbocycles. The molecule has 0 aromatic rings. The van der Waals surface area contributed by atoms with Gasteiger partial charge in [0.1, 0.15) is 4.11 Å². The van der Waals surface area contributed by atoms with Crippen molar-refractivity contribution in [1.29, 1.82) is 0 Å². The highest BCUT2D eigenvalue weighted by atomic mass is 127. The molecule has 0 aliphatic heterocycles. The molecule has 0 aromatic heterocycles. The van der Waals surface area contributed by atoms with Crippen LogP contribution in [0.5, 0.6) is 0 Å². The second kappa shape index (κ2) is 3.70.